The van der Waals surface area contributed by atoms with E-state index in [0.717, 1.165) is 0 Å². The number of halogens is 2. The minimum atomic E-state index is -1.09. The fraction of sp³-hybridized carbons (Fsp3) is 0.692. The maximum atomic E-state index is 2.75. The molecular formula is C26H42Cl2Si2Ti. The van der Waals surface area contributed by atoms with Gasteiger partial charge in [-0.05, 0) is 0 Å². The van der Waals surface area contributed by atoms with E-state index in [-0.39, 0.29) is 44.0 Å². The van der Waals surface area contributed by atoms with Crippen LogP contribution in [0.5, 0.6) is 0 Å². The largest absolute Gasteiger partial charge is 1.00 e. The Bertz CT molecular complexity index is 706. The van der Waals surface area contributed by atoms with Crippen molar-refractivity contribution in [2.24, 2.45) is 0 Å². The fourth-order valence-corrected chi connectivity index (χ4v) is 18.3. The van der Waals surface area contributed by atoms with E-state index >= 15 is 0 Å². The van der Waals surface area contributed by atoms with Crippen molar-refractivity contribution in [3.63, 3.8) is 0 Å². The van der Waals surface area contributed by atoms with E-state index in [2.05, 4.69) is 39.1 Å². The first kappa shape index (κ1) is 27.9. The quantitative estimate of drug-likeness (QED) is 0.382. The molecule has 0 saturated carbocycles. The van der Waals surface area contributed by atoms with Crippen LogP contribution < -0.4 is 24.8 Å². The molecule has 0 aromatic heterocycles. The second-order valence-corrected chi connectivity index (χ2v) is 22.0. The van der Waals surface area contributed by atoms with Crippen molar-refractivity contribution in [3.8, 4) is 0 Å². The van der Waals surface area contributed by atoms with E-state index in [1.54, 1.807) is 24.2 Å². The van der Waals surface area contributed by atoms with Gasteiger partial charge in [0, 0.05) is 0 Å². The molecule has 0 aromatic carbocycles. The van der Waals surface area contributed by atoms with Crippen LogP contribution in [-0.4, -0.2) is 16.1 Å². The van der Waals surface area contributed by atoms with Crippen molar-refractivity contribution in [2.75, 3.05) is 0 Å². The molecule has 5 heteroatoms. The van der Waals surface area contributed by atoms with Gasteiger partial charge in [0.2, 0.25) is 0 Å². The number of rotatable bonds is 10. The van der Waals surface area contributed by atoms with Crippen molar-refractivity contribution in [1.82, 2.24) is 0 Å². The normalized spacial score (nSPS) is 23.2. The second kappa shape index (κ2) is 11.9. The van der Waals surface area contributed by atoms with Crippen LogP contribution in [0, 0.1) is 0 Å². The summed E-state index contributed by atoms with van der Waals surface area (Å²) in [5, 5.41) is 3.95. The third kappa shape index (κ3) is 5.68. The molecule has 0 N–H and O–H groups in total. The molecule has 0 amide bonds. The van der Waals surface area contributed by atoms with Crippen LogP contribution in [0.15, 0.2) is 41.4 Å². The maximum absolute atomic E-state index is 2.75. The van der Waals surface area contributed by atoms with Gasteiger partial charge in [0.05, 0.1) is 0 Å². The smallest absolute Gasteiger partial charge is 1.00 e. The molecule has 31 heavy (non-hydrogen) atoms. The summed E-state index contributed by atoms with van der Waals surface area (Å²) in [6.07, 6.45) is 19.5. The Balaban J connectivity index is 0.00000171. The van der Waals surface area contributed by atoms with E-state index < -0.39 is 16.1 Å². The Morgan fingerprint density at radius 2 is 1.10 bits per heavy atom. The Kier molecular flexibility index (Phi) is 10.7. The monoisotopic (exact) mass is 528 g/mol. The van der Waals surface area contributed by atoms with Crippen molar-refractivity contribution in [2.45, 2.75) is 115 Å². The third-order valence-electron chi connectivity index (χ3n) is 8.48. The van der Waals surface area contributed by atoms with Crippen molar-refractivity contribution < 1.29 is 44.0 Å². The maximum Gasteiger partial charge on any atom is -1.00 e. The van der Waals surface area contributed by atoms with E-state index in [4.69, 9.17) is 0 Å². The van der Waals surface area contributed by atoms with Crippen LogP contribution >= 0.6 is 0 Å². The summed E-state index contributed by atoms with van der Waals surface area (Å²) in [4.78, 5) is 0. The van der Waals surface area contributed by atoms with Crippen LogP contribution in [0.1, 0.15) is 78.1 Å². The molecule has 0 aromatic rings. The van der Waals surface area contributed by atoms with Gasteiger partial charge in [0.25, 0.3) is 0 Å². The summed E-state index contributed by atoms with van der Waals surface area (Å²) in [6, 6.07) is 6.30. The molecule has 2 fully saturated rings. The Hall–Kier alpha value is 0.688. The van der Waals surface area contributed by atoms with Crippen LogP contribution in [0.2, 0.25) is 37.3 Å². The minimum Gasteiger partial charge on any atom is -1.00 e. The van der Waals surface area contributed by atoms with Crippen molar-refractivity contribution >= 4 is 16.1 Å². The molecule has 0 atom stereocenters. The van der Waals surface area contributed by atoms with Crippen LogP contribution in [0.25, 0.3) is 0 Å². The van der Waals surface area contributed by atoms with Gasteiger partial charge in [-0.3, -0.25) is 0 Å². The molecule has 0 spiro atoms. The molecule has 2 aliphatic carbocycles. The summed E-state index contributed by atoms with van der Waals surface area (Å²) in [5.41, 5.74) is 3.80. The summed E-state index contributed by atoms with van der Waals surface area (Å²) >= 11 is -0.138. The minimum absolute atomic E-state index is 0. The standard InChI is InChI=1S/2C13H21Si.2ClH.Ti/c2*1-3-4-6-12-7-8-13(11-12)14(2)9-5-10-14;;;/h2*8H,3-7,9-10H2,1-2H3;2*1H;/q;;;;+2/p-2. The average molecular weight is 530 g/mol. The van der Waals surface area contributed by atoms with E-state index in [1.807, 2.05) is 29.3 Å². The van der Waals surface area contributed by atoms with Gasteiger partial charge in [-0.2, -0.15) is 0 Å². The number of unbranched alkanes of at least 4 members (excludes halogenated alkanes) is 2. The number of allylic oxidation sites excluding steroid dienone is 8. The first-order chi connectivity index (χ1) is 14.0. The Morgan fingerprint density at radius 3 is 1.39 bits per heavy atom. The fourth-order valence-electron chi connectivity index (χ4n) is 5.96. The van der Waals surface area contributed by atoms with Crippen LogP contribution in [-0.2, 0) is 19.2 Å². The number of hydrogen-bond acceptors (Lipinski definition) is 0. The topological polar surface area (TPSA) is 0 Å². The number of hydrogen-bond donors (Lipinski definition) is 0. The van der Waals surface area contributed by atoms with Gasteiger partial charge in [-0.1, -0.05) is 0 Å². The Labute approximate surface area is 215 Å². The zero-order chi connectivity index (χ0) is 20.5. The SMILES string of the molecule is CCCCC1=[C]([Ti+2][C]2=C(CCCC)CC=C2[Si]2(C)CCC2)C([Si]2(C)CCC2)=CC1.[Cl-].[Cl-]. The van der Waals surface area contributed by atoms with Gasteiger partial charge in [0.15, 0.2) is 0 Å². The molecule has 0 bridgehead atoms. The molecule has 0 radical (unpaired) electrons. The average Bonchev–Trinajstić information content (AvgIpc) is 3.26. The summed E-state index contributed by atoms with van der Waals surface area (Å²) < 4.78 is 4.00. The molecule has 2 aliphatic heterocycles. The van der Waals surface area contributed by atoms with Gasteiger partial charge in [-0.25, -0.2) is 0 Å². The molecule has 4 aliphatic rings. The van der Waals surface area contributed by atoms with Crippen LogP contribution in [0.4, 0.5) is 0 Å². The summed E-state index contributed by atoms with van der Waals surface area (Å²) in [7, 11) is -2.17. The summed E-state index contributed by atoms with van der Waals surface area (Å²) in [6.45, 7) is 10.2. The van der Waals surface area contributed by atoms with Gasteiger partial charge >= 0.3 is 192 Å². The van der Waals surface area contributed by atoms with E-state index in [9.17, 15) is 0 Å². The Morgan fingerprint density at radius 1 is 0.710 bits per heavy atom. The zero-order valence-electron chi connectivity index (χ0n) is 20.3. The molecule has 2 heterocycles. The first-order valence-corrected chi connectivity index (χ1v) is 20.0. The molecule has 0 nitrogen and oxygen atoms in total. The molecular weight excluding hydrogens is 487 g/mol. The second-order valence-electron chi connectivity index (χ2n) is 10.8. The molecule has 172 valence electrons. The first-order valence-electron chi connectivity index (χ1n) is 12.6. The van der Waals surface area contributed by atoms with Crippen LogP contribution in [0.3, 0.4) is 0 Å². The van der Waals surface area contributed by atoms with Gasteiger partial charge < -0.3 is 24.8 Å². The third-order valence-corrected chi connectivity index (χ3v) is 21.3. The van der Waals surface area contributed by atoms with Crippen molar-refractivity contribution in [1.29, 1.82) is 0 Å². The van der Waals surface area contributed by atoms with E-state index in [0.29, 0.717) is 0 Å². The predicted molar refractivity (Wildman–Crippen MR) is 130 cm³/mol. The van der Waals surface area contributed by atoms with Gasteiger partial charge in [0.1, 0.15) is 0 Å². The zero-order valence-corrected chi connectivity index (χ0v) is 25.4. The molecule has 4 rings (SSSR count). The molecule has 0 unspecified atom stereocenters. The van der Waals surface area contributed by atoms with Gasteiger partial charge in [-0.15, -0.1) is 0 Å². The van der Waals surface area contributed by atoms with Crippen molar-refractivity contribution in [3.05, 3.63) is 41.4 Å². The van der Waals surface area contributed by atoms with E-state index in [1.165, 1.54) is 64.2 Å². The molecule has 2 saturated heterocycles. The predicted octanol–water partition coefficient (Wildman–Crippen LogP) is 2.67. The summed E-state index contributed by atoms with van der Waals surface area (Å²) in [5.74, 6) is 0.